The summed E-state index contributed by atoms with van der Waals surface area (Å²) in [5.74, 6) is -0.909. The minimum Gasteiger partial charge on any atom is -0.466 e. The van der Waals surface area contributed by atoms with Crippen molar-refractivity contribution in [2.75, 3.05) is 14.2 Å². The smallest absolute Gasteiger partial charge is 0.339 e. The molecule has 2 aromatic rings. The molecule has 0 heterocycles. The average molecular weight is 376 g/mol. The number of benzene rings is 2. The Morgan fingerprint density at radius 3 is 1.86 bits per heavy atom. The summed E-state index contributed by atoms with van der Waals surface area (Å²) in [6.07, 6.45) is 4.78. The first-order chi connectivity index (χ1) is 13.6. The number of aryl methyl sites for hydroxylation is 4. The summed E-state index contributed by atoms with van der Waals surface area (Å²) in [6, 6.07) is 13.1. The molecule has 4 heteroatoms. The van der Waals surface area contributed by atoms with Gasteiger partial charge >= 0.3 is 11.9 Å². The van der Waals surface area contributed by atoms with Gasteiger partial charge in [-0.3, -0.25) is 0 Å². The van der Waals surface area contributed by atoms with Crippen LogP contribution >= 0.6 is 0 Å². The number of hydrogen-bond donors (Lipinski definition) is 0. The van der Waals surface area contributed by atoms with Gasteiger partial charge in [-0.25, -0.2) is 9.59 Å². The maximum absolute atomic E-state index is 12.7. The molecule has 0 fully saturated rings. The summed E-state index contributed by atoms with van der Waals surface area (Å²) in [4.78, 5) is 25.1. The summed E-state index contributed by atoms with van der Waals surface area (Å²) in [7, 11) is 2.72. The molecule has 0 spiro atoms. The highest BCUT2D eigenvalue weighted by atomic mass is 16.5. The fourth-order valence-corrected chi connectivity index (χ4v) is 4.39. The van der Waals surface area contributed by atoms with Crippen molar-refractivity contribution in [3.05, 3.63) is 75.4 Å². The van der Waals surface area contributed by atoms with E-state index in [0.717, 1.165) is 43.2 Å². The van der Waals surface area contributed by atoms with Crippen molar-refractivity contribution < 1.29 is 19.1 Å². The first-order valence-corrected chi connectivity index (χ1v) is 9.74. The quantitative estimate of drug-likeness (QED) is 0.752. The predicted octanol–water partition coefficient (Wildman–Crippen LogP) is 3.62. The minimum absolute atomic E-state index is 0.387. The molecular weight excluding hydrogens is 352 g/mol. The van der Waals surface area contributed by atoms with Crippen molar-refractivity contribution in [3.63, 3.8) is 0 Å². The first kappa shape index (κ1) is 18.5. The number of esters is 2. The van der Waals surface area contributed by atoms with Crippen molar-refractivity contribution in [2.45, 2.75) is 38.5 Å². The van der Waals surface area contributed by atoms with Crippen LogP contribution in [0.1, 0.15) is 39.8 Å². The zero-order valence-corrected chi connectivity index (χ0v) is 16.3. The van der Waals surface area contributed by atoms with Crippen molar-refractivity contribution in [2.24, 2.45) is 0 Å². The third-order valence-electron chi connectivity index (χ3n) is 5.88. The highest BCUT2D eigenvalue weighted by Crippen LogP contribution is 2.38. The van der Waals surface area contributed by atoms with Crippen LogP contribution in [0, 0.1) is 0 Å². The first-order valence-electron chi connectivity index (χ1n) is 9.74. The number of methoxy groups -OCH3 is 2. The number of carbonyl (C=O) groups is 2. The SMILES string of the molecule is COC(=O)C1=C(C(=O)OC)c2c3ccc(c2CC1)CCc1ccc(cc1)CC3. The molecule has 144 valence electrons. The molecule has 28 heavy (non-hydrogen) atoms. The van der Waals surface area contributed by atoms with E-state index >= 15 is 0 Å². The topological polar surface area (TPSA) is 52.6 Å². The molecule has 0 unspecified atom stereocenters. The minimum atomic E-state index is -0.463. The molecule has 0 radical (unpaired) electrons. The van der Waals surface area contributed by atoms with Crippen molar-refractivity contribution in [1.82, 2.24) is 0 Å². The average Bonchev–Trinajstić information content (AvgIpc) is 2.73. The second-order valence-electron chi connectivity index (χ2n) is 7.39. The molecule has 0 saturated carbocycles. The van der Waals surface area contributed by atoms with Gasteiger partial charge in [-0.1, -0.05) is 36.4 Å². The summed E-state index contributed by atoms with van der Waals surface area (Å²) in [5.41, 5.74) is 7.81. The summed E-state index contributed by atoms with van der Waals surface area (Å²) in [5, 5.41) is 0. The highest BCUT2D eigenvalue weighted by Gasteiger charge is 2.32. The van der Waals surface area contributed by atoms with E-state index < -0.39 is 11.9 Å². The fraction of sp³-hybridized carbons (Fsp3) is 0.333. The Bertz CT molecular complexity index is 967. The number of rotatable bonds is 2. The van der Waals surface area contributed by atoms with E-state index in [1.807, 2.05) is 0 Å². The van der Waals surface area contributed by atoms with Gasteiger partial charge in [0, 0.05) is 0 Å². The van der Waals surface area contributed by atoms with E-state index in [9.17, 15) is 9.59 Å². The molecule has 5 aliphatic rings. The lowest BCUT2D eigenvalue weighted by atomic mass is 9.78. The Morgan fingerprint density at radius 1 is 0.679 bits per heavy atom. The molecule has 4 nitrogen and oxygen atoms in total. The maximum atomic E-state index is 12.7. The van der Waals surface area contributed by atoms with E-state index in [1.54, 1.807) is 0 Å². The van der Waals surface area contributed by atoms with Gasteiger partial charge in [-0.05, 0) is 71.9 Å². The van der Waals surface area contributed by atoms with Crippen LogP contribution < -0.4 is 0 Å². The lowest BCUT2D eigenvalue weighted by molar-refractivity contribution is -0.138. The van der Waals surface area contributed by atoms with Crippen LogP contribution in [0.15, 0.2) is 42.0 Å². The van der Waals surface area contributed by atoms with Gasteiger partial charge < -0.3 is 9.47 Å². The van der Waals surface area contributed by atoms with Gasteiger partial charge in [0.1, 0.15) is 0 Å². The lowest BCUT2D eigenvalue weighted by Gasteiger charge is -2.26. The van der Waals surface area contributed by atoms with Crippen LogP contribution in [-0.2, 0) is 51.2 Å². The van der Waals surface area contributed by atoms with E-state index in [0.29, 0.717) is 17.6 Å². The zero-order valence-electron chi connectivity index (χ0n) is 16.3. The molecule has 0 amide bonds. The van der Waals surface area contributed by atoms with Crippen LogP contribution in [0.5, 0.6) is 0 Å². The van der Waals surface area contributed by atoms with Crippen LogP contribution in [0.2, 0.25) is 0 Å². The van der Waals surface area contributed by atoms with Gasteiger partial charge in [0.25, 0.3) is 0 Å². The molecule has 4 bridgehead atoms. The summed E-state index contributed by atoms with van der Waals surface area (Å²) >= 11 is 0. The van der Waals surface area contributed by atoms with E-state index in [2.05, 4.69) is 36.4 Å². The Hall–Kier alpha value is -2.88. The van der Waals surface area contributed by atoms with E-state index in [-0.39, 0.29) is 0 Å². The zero-order chi connectivity index (χ0) is 19.7. The number of carbonyl (C=O) groups excluding carboxylic acids is 2. The fourth-order valence-electron chi connectivity index (χ4n) is 4.39. The van der Waals surface area contributed by atoms with Gasteiger partial charge in [-0.2, -0.15) is 0 Å². The Morgan fingerprint density at radius 2 is 1.25 bits per heavy atom. The molecule has 0 saturated heterocycles. The lowest BCUT2D eigenvalue weighted by Crippen LogP contribution is -2.22. The second-order valence-corrected chi connectivity index (χ2v) is 7.39. The van der Waals surface area contributed by atoms with Crippen molar-refractivity contribution in [3.8, 4) is 0 Å². The second kappa shape index (κ2) is 7.63. The van der Waals surface area contributed by atoms with E-state index in [1.165, 1.54) is 36.5 Å². The van der Waals surface area contributed by atoms with E-state index in [4.69, 9.17) is 9.47 Å². The molecule has 7 rings (SSSR count). The maximum Gasteiger partial charge on any atom is 0.339 e. The molecule has 0 N–H and O–H groups in total. The van der Waals surface area contributed by atoms with Crippen molar-refractivity contribution >= 4 is 17.5 Å². The van der Waals surface area contributed by atoms with Crippen molar-refractivity contribution in [1.29, 1.82) is 0 Å². The van der Waals surface area contributed by atoms with Crippen LogP contribution in [0.4, 0.5) is 0 Å². The molecule has 0 aromatic heterocycles. The number of ether oxygens (including phenoxy) is 2. The Labute approximate surface area is 165 Å². The monoisotopic (exact) mass is 376 g/mol. The third kappa shape index (κ3) is 3.24. The number of hydrogen-bond acceptors (Lipinski definition) is 4. The Balaban J connectivity index is 1.91. The normalized spacial score (nSPS) is 15.5. The van der Waals surface area contributed by atoms with Crippen LogP contribution in [-0.4, -0.2) is 26.2 Å². The summed E-state index contributed by atoms with van der Waals surface area (Å²) < 4.78 is 10.0. The molecule has 0 aliphatic heterocycles. The van der Waals surface area contributed by atoms with Crippen LogP contribution in [0.25, 0.3) is 5.57 Å². The molecule has 0 atom stereocenters. The molecule has 5 aliphatic carbocycles. The van der Waals surface area contributed by atoms with Gasteiger partial charge in [0.15, 0.2) is 0 Å². The molecule has 2 aromatic carbocycles. The third-order valence-corrected chi connectivity index (χ3v) is 5.88. The predicted molar refractivity (Wildman–Crippen MR) is 107 cm³/mol. The van der Waals surface area contributed by atoms with Gasteiger partial charge in [0.05, 0.1) is 25.4 Å². The van der Waals surface area contributed by atoms with Crippen LogP contribution in [0.3, 0.4) is 0 Å². The van der Waals surface area contributed by atoms with Gasteiger partial charge in [-0.15, -0.1) is 0 Å². The van der Waals surface area contributed by atoms with Gasteiger partial charge in [0.2, 0.25) is 0 Å². The molecular formula is C24H24O4. The Kier molecular flexibility index (Phi) is 5.03. The highest BCUT2D eigenvalue weighted by molar-refractivity contribution is 6.24. The largest absolute Gasteiger partial charge is 0.466 e. The summed E-state index contributed by atoms with van der Waals surface area (Å²) in [6.45, 7) is 0. The standard InChI is InChI=1S/C24H24O4/c1-27-23(25)20-14-13-19-17-9-7-15-3-5-16(6-4-15)8-10-18(12-11-17)21(19)22(20)24(26)28-2/h3-6,11-12H,7-10,13-14H2,1-2H3.